The van der Waals surface area contributed by atoms with Crippen LogP contribution in [-0.2, 0) is 11.3 Å². The molecule has 2 N–H and O–H groups in total. The highest BCUT2D eigenvalue weighted by molar-refractivity contribution is 6.15. The summed E-state index contributed by atoms with van der Waals surface area (Å²) in [6.45, 7) is 6.37. The number of benzene rings is 3. The standard InChI is InChI=1S/C29H31NO2.C2H5NO2/c1-3-5-6-7-11-14-28(31)22-15-17-26-24(19-22)25-20-23(16-18-27(25)30(26)4-2)29(32)21-12-9-8-10-13-21;1-2(4)3-5/h8-10,12-13,15-20H,3-7,11,14H2,1-2H3;5H,1H3,(H,3,4). The van der Waals surface area contributed by atoms with Crippen molar-refractivity contribution in [2.75, 3.05) is 0 Å². The van der Waals surface area contributed by atoms with Crippen LogP contribution >= 0.6 is 0 Å². The second kappa shape index (κ2) is 13.5. The average Bonchev–Trinajstić information content (AvgIpc) is 3.25. The summed E-state index contributed by atoms with van der Waals surface area (Å²) in [6, 6.07) is 21.3. The van der Waals surface area contributed by atoms with E-state index < -0.39 is 5.91 Å². The van der Waals surface area contributed by atoms with Crippen LogP contribution in [0.25, 0.3) is 21.8 Å². The first kappa shape index (κ1) is 27.8. The minimum absolute atomic E-state index is 0.0178. The Morgan fingerprint density at radius 2 is 1.32 bits per heavy atom. The molecule has 1 aromatic heterocycles. The van der Waals surface area contributed by atoms with Gasteiger partial charge in [-0.1, -0.05) is 62.9 Å². The van der Waals surface area contributed by atoms with Crippen LogP contribution in [0.1, 0.15) is 85.6 Å². The predicted molar refractivity (Wildman–Crippen MR) is 148 cm³/mol. The number of aromatic nitrogens is 1. The zero-order valence-electron chi connectivity index (χ0n) is 21.9. The molecule has 194 valence electrons. The third-order valence-electron chi connectivity index (χ3n) is 6.47. The molecule has 4 aromatic rings. The largest absolute Gasteiger partial charge is 0.341 e. The smallest absolute Gasteiger partial charge is 0.240 e. The number of nitrogens with one attached hydrogen (secondary N) is 1. The van der Waals surface area contributed by atoms with Gasteiger partial charge in [0.25, 0.3) is 0 Å². The molecule has 0 aliphatic rings. The van der Waals surface area contributed by atoms with Crippen molar-refractivity contribution in [1.29, 1.82) is 0 Å². The van der Waals surface area contributed by atoms with Gasteiger partial charge in [0, 0.05) is 58.4 Å². The van der Waals surface area contributed by atoms with E-state index in [1.54, 1.807) is 0 Å². The normalized spacial score (nSPS) is 10.7. The molecule has 37 heavy (non-hydrogen) atoms. The summed E-state index contributed by atoms with van der Waals surface area (Å²) in [5, 5.41) is 9.62. The molecule has 0 spiro atoms. The van der Waals surface area contributed by atoms with E-state index in [0.29, 0.717) is 17.5 Å². The number of nitrogens with zero attached hydrogens (tertiary/aromatic N) is 1. The van der Waals surface area contributed by atoms with Gasteiger partial charge in [0.1, 0.15) is 0 Å². The van der Waals surface area contributed by atoms with Gasteiger partial charge in [-0.3, -0.25) is 19.6 Å². The Bertz CT molecular complexity index is 1370. The number of fused-ring (bicyclic) bond motifs is 3. The van der Waals surface area contributed by atoms with E-state index in [0.717, 1.165) is 46.8 Å². The van der Waals surface area contributed by atoms with Crippen molar-refractivity contribution < 1.29 is 19.6 Å². The zero-order valence-corrected chi connectivity index (χ0v) is 21.9. The maximum Gasteiger partial charge on any atom is 0.240 e. The zero-order chi connectivity index (χ0) is 26.8. The van der Waals surface area contributed by atoms with E-state index in [-0.39, 0.29) is 11.6 Å². The van der Waals surface area contributed by atoms with Crippen LogP contribution in [0.2, 0.25) is 0 Å². The summed E-state index contributed by atoms with van der Waals surface area (Å²) >= 11 is 0. The molecule has 0 fully saturated rings. The fourth-order valence-electron chi connectivity index (χ4n) is 4.55. The molecule has 0 radical (unpaired) electrons. The van der Waals surface area contributed by atoms with Gasteiger partial charge in [-0.25, -0.2) is 5.48 Å². The van der Waals surface area contributed by atoms with Crippen molar-refractivity contribution in [1.82, 2.24) is 10.0 Å². The first-order valence-electron chi connectivity index (χ1n) is 13.0. The van der Waals surface area contributed by atoms with E-state index in [1.165, 1.54) is 31.7 Å². The quantitative estimate of drug-likeness (QED) is 0.105. The molecule has 0 aliphatic carbocycles. The lowest BCUT2D eigenvalue weighted by Crippen LogP contribution is -2.12. The molecule has 0 saturated carbocycles. The SMILES string of the molecule is CC(=O)NO.CCCCCCCC(=O)c1ccc2c(c1)c1cc(C(=O)c3ccccc3)ccc1n2CC. The van der Waals surface area contributed by atoms with Crippen molar-refractivity contribution in [3.05, 3.63) is 83.4 Å². The summed E-state index contributed by atoms with van der Waals surface area (Å²) in [4.78, 5) is 35.3. The van der Waals surface area contributed by atoms with Crippen LogP contribution in [0.5, 0.6) is 0 Å². The predicted octanol–water partition coefficient (Wildman–Crippen LogP) is 7.10. The molecular weight excluding hydrogens is 464 g/mol. The Morgan fingerprint density at radius 3 is 1.89 bits per heavy atom. The Kier molecular flexibility index (Phi) is 10.2. The summed E-state index contributed by atoms with van der Waals surface area (Å²) in [5.41, 5.74) is 5.71. The van der Waals surface area contributed by atoms with E-state index >= 15 is 0 Å². The molecular formula is C31H36N2O4. The average molecular weight is 501 g/mol. The van der Waals surface area contributed by atoms with Crippen molar-refractivity contribution in [2.24, 2.45) is 0 Å². The highest BCUT2D eigenvalue weighted by Gasteiger charge is 2.16. The van der Waals surface area contributed by atoms with Crippen LogP contribution < -0.4 is 5.48 Å². The van der Waals surface area contributed by atoms with Crippen LogP contribution in [0.4, 0.5) is 0 Å². The van der Waals surface area contributed by atoms with Crippen molar-refractivity contribution in [2.45, 2.75) is 65.8 Å². The summed E-state index contributed by atoms with van der Waals surface area (Å²) in [6.07, 6.45) is 6.30. The van der Waals surface area contributed by atoms with Gasteiger partial charge in [0.15, 0.2) is 11.6 Å². The maximum atomic E-state index is 13.0. The van der Waals surface area contributed by atoms with Crippen molar-refractivity contribution in [3.8, 4) is 0 Å². The van der Waals surface area contributed by atoms with Gasteiger partial charge in [0.05, 0.1) is 0 Å². The molecule has 0 bridgehead atoms. The highest BCUT2D eigenvalue weighted by Crippen LogP contribution is 2.31. The fourth-order valence-corrected chi connectivity index (χ4v) is 4.55. The first-order valence-corrected chi connectivity index (χ1v) is 13.0. The number of hydrogen-bond acceptors (Lipinski definition) is 4. The Morgan fingerprint density at radius 1 is 0.757 bits per heavy atom. The van der Waals surface area contributed by atoms with Crippen LogP contribution in [0, 0.1) is 0 Å². The summed E-state index contributed by atoms with van der Waals surface area (Å²) in [7, 11) is 0. The molecule has 4 rings (SSSR count). The number of rotatable bonds is 10. The van der Waals surface area contributed by atoms with Gasteiger partial charge in [-0.15, -0.1) is 0 Å². The molecule has 6 heteroatoms. The number of carbonyl (C=O) groups excluding carboxylic acids is 3. The highest BCUT2D eigenvalue weighted by atomic mass is 16.5. The molecule has 0 unspecified atom stereocenters. The van der Waals surface area contributed by atoms with Gasteiger partial charge < -0.3 is 4.57 Å². The van der Waals surface area contributed by atoms with E-state index in [9.17, 15) is 14.4 Å². The third kappa shape index (κ3) is 6.92. The molecule has 0 aliphatic heterocycles. The lowest BCUT2D eigenvalue weighted by molar-refractivity contribution is -0.126. The number of amides is 1. The van der Waals surface area contributed by atoms with E-state index in [4.69, 9.17) is 5.21 Å². The molecule has 1 heterocycles. The number of Topliss-reactive ketones (excluding diaryl/α,β-unsaturated/α-hetero) is 1. The number of hydrogen-bond donors (Lipinski definition) is 2. The molecule has 3 aromatic carbocycles. The number of unbranched alkanes of at least 4 members (excludes halogenated alkanes) is 4. The Hall–Kier alpha value is -3.77. The third-order valence-corrected chi connectivity index (χ3v) is 6.47. The number of hydroxylamine groups is 1. The number of carbonyl (C=O) groups is 3. The van der Waals surface area contributed by atoms with Gasteiger partial charge in [-0.05, 0) is 49.7 Å². The first-order chi connectivity index (χ1) is 17.9. The minimum Gasteiger partial charge on any atom is -0.341 e. The number of ketones is 2. The fraction of sp³-hybridized carbons (Fsp3) is 0.323. The summed E-state index contributed by atoms with van der Waals surface area (Å²) < 4.78 is 2.25. The topological polar surface area (TPSA) is 88.4 Å². The van der Waals surface area contributed by atoms with E-state index in [1.807, 2.05) is 60.7 Å². The lowest BCUT2D eigenvalue weighted by atomic mass is 9.99. The summed E-state index contributed by atoms with van der Waals surface area (Å²) in [5.74, 6) is -0.216. The monoisotopic (exact) mass is 500 g/mol. The van der Waals surface area contributed by atoms with Gasteiger partial charge >= 0.3 is 0 Å². The molecule has 1 amide bonds. The van der Waals surface area contributed by atoms with Gasteiger partial charge in [0.2, 0.25) is 5.91 Å². The Labute approximate surface area is 218 Å². The Balaban J connectivity index is 0.000000695. The van der Waals surface area contributed by atoms with E-state index in [2.05, 4.69) is 24.5 Å². The lowest BCUT2D eigenvalue weighted by Gasteiger charge is -2.05. The van der Waals surface area contributed by atoms with Gasteiger partial charge in [-0.2, -0.15) is 0 Å². The van der Waals surface area contributed by atoms with Crippen LogP contribution in [0.3, 0.4) is 0 Å². The molecule has 0 atom stereocenters. The molecule has 0 saturated heterocycles. The maximum absolute atomic E-state index is 13.0. The second-order valence-electron chi connectivity index (χ2n) is 9.16. The minimum atomic E-state index is -0.440. The second-order valence-corrected chi connectivity index (χ2v) is 9.16. The van der Waals surface area contributed by atoms with Crippen LogP contribution in [-0.4, -0.2) is 27.2 Å². The van der Waals surface area contributed by atoms with Crippen LogP contribution in [0.15, 0.2) is 66.7 Å². The van der Waals surface area contributed by atoms with Crippen molar-refractivity contribution >= 4 is 39.3 Å². The molecule has 6 nitrogen and oxygen atoms in total. The van der Waals surface area contributed by atoms with Crippen molar-refractivity contribution in [3.63, 3.8) is 0 Å². The number of aryl methyl sites for hydroxylation is 1.